The van der Waals surface area contributed by atoms with Gasteiger partial charge in [0, 0.05) is 24.9 Å². The third-order valence-corrected chi connectivity index (χ3v) is 3.66. The van der Waals surface area contributed by atoms with E-state index in [1.54, 1.807) is 10.9 Å². The minimum absolute atomic E-state index is 0.0971. The van der Waals surface area contributed by atoms with Gasteiger partial charge in [-0.1, -0.05) is 20.8 Å². The summed E-state index contributed by atoms with van der Waals surface area (Å²) >= 11 is 0. The number of nitrogens with one attached hydrogen (secondary N) is 1. The molecular formula is C15H23N5O. The summed E-state index contributed by atoms with van der Waals surface area (Å²) in [5.41, 5.74) is 8.30. The van der Waals surface area contributed by atoms with Crippen LogP contribution < -0.4 is 11.1 Å². The van der Waals surface area contributed by atoms with E-state index in [1.165, 1.54) is 0 Å². The van der Waals surface area contributed by atoms with Gasteiger partial charge in [-0.3, -0.25) is 9.48 Å². The van der Waals surface area contributed by atoms with Gasteiger partial charge in [-0.05, 0) is 18.4 Å². The minimum Gasteiger partial charge on any atom is -0.327 e. The average molecular weight is 289 g/mol. The van der Waals surface area contributed by atoms with Crippen LogP contribution in [0, 0.1) is 12.3 Å². The maximum absolute atomic E-state index is 12.1. The van der Waals surface area contributed by atoms with Crippen LogP contribution in [0.5, 0.6) is 0 Å². The molecule has 0 aromatic carbocycles. The highest BCUT2D eigenvalue weighted by Crippen LogP contribution is 2.22. The molecule has 0 fully saturated rings. The number of aryl methyl sites for hydroxylation is 2. The van der Waals surface area contributed by atoms with Crippen molar-refractivity contribution in [2.75, 3.05) is 5.32 Å². The molecule has 0 aliphatic heterocycles. The molecule has 2 aromatic rings. The number of nitrogens with zero attached hydrogens (tertiary/aromatic N) is 3. The van der Waals surface area contributed by atoms with E-state index in [-0.39, 0.29) is 23.8 Å². The molecule has 0 spiro atoms. The van der Waals surface area contributed by atoms with Crippen molar-refractivity contribution in [2.24, 2.45) is 18.2 Å². The van der Waals surface area contributed by atoms with Crippen LogP contribution in [0.25, 0.3) is 11.0 Å². The van der Waals surface area contributed by atoms with E-state index in [0.29, 0.717) is 5.69 Å². The van der Waals surface area contributed by atoms with E-state index >= 15 is 0 Å². The predicted octanol–water partition coefficient (Wildman–Crippen LogP) is 1.98. The van der Waals surface area contributed by atoms with Crippen molar-refractivity contribution < 1.29 is 4.79 Å². The lowest BCUT2D eigenvalue weighted by atomic mass is 9.85. The molecular weight excluding hydrogens is 266 g/mol. The fourth-order valence-corrected chi connectivity index (χ4v) is 2.09. The van der Waals surface area contributed by atoms with E-state index < -0.39 is 0 Å². The fraction of sp³-hybridized carbons (Fsp3) is 0.533. The van der Waals surface area contributed by atoms with Crippen molar-refractivity contribution in [1.82, 2.24) is 14.8 Å². The van der Waals surface area contributed by atoms with E-state index in [4.69, 9.17) is 5.73 Å². The van der Waals surface area contributed by atoms with Crippen molar-refractivity contribution in [1.29, 1.82) is 0 Å². The molecule has 1 unspecified atom stereocenters. The molecule has 0 aliphatic rings. The van der Waals surface area contributed by atoms with E-state index in [1.807, 2.05) is 40.8 Å². The number of amides is 1. The first-order valence-electron chi connectivity index (χ1n) is 7.03. The summed E-state index contributed by atoms with van der Waals surface area (Å²) in [7, 11) is 1.85. The van der Waals surface area contributed by atoms with Crippen LogP contribution in [0.3, 0.4) is 0 Å². The summed E-state index contributed by atoms with van der Waals surface area (Å²) in [4.78, 5) is 16.4. The Morgan fingerprint density at radius 2 is 2.14 bits per heavy atom. The number of hydrogen-bond donors (Lipinski definition) is 2. The summed E-state index contributed by atoms with van der Waals surface area (Å²) < 4.78 is 1.73. The summed E-state index contributed by atoms with van der Waals surface area (Å²) in [6, 6.07) is 1.71. The second-order valence-electron chi connectivity index (χ2n) is 6.53. The smallest absolute Gasteiger partial charge is 0.225 e. The molecule has 0 saturated carbocycles. The Kier molecular flexibility index (Phi) is 4.00. The largest absolute Gasteiger partial charge is 0.327 e. The van der Waals surface area contributed by atoms with Crippen LogP contribution in [0.2, 0.25) is 0 Å². The highest BCUT2D eigenvalue weighted by molar-refractivity contribution is 5.93. The van der Waals surface area contributed by atoms with E-state index in [9.17, 15) is 4.79 Å². The van der Waals surface area contributed by atoms with E-state index in [0.717, 1.165) is 16.7 Å². The lowest BCUT2D eigenvalue weighted by molar-refractivity contribution is -0.117. The molecule has 0 bridgehead atoms. The standard InChI is InChI=1S/C15H23N5O/c1-9-11-6-10(8-17-14(11)20(5)19-9)18-13(21)7-12(16)15(2,3)4/h6,8,12H,7,16H2,1-5H3,(H,18,21). The number of aromatic nitrogens is 3. The Morgan fingerprint density at radius 3 is 2.76 bits per heavy atom. The molecule has 2 heterocycles. The van der Waals surface area contributed by atoms with Crippen LogP contribution in [-0.4, -0.2) is 26.7 Å². The molecule has 0 radical (unpaired) electrons. The highest BCUT2D eigenvalue weighted by atomic mass is 16.1. The van der Waals surface area contributed by atoms with Crippen LogP contribution in [0.1, 0.15) is 32.9 Å². The number of rotatable bonds is 3. The van der Waals surface area contributed by atoms with Gasteiger partial charge in [0.15, 0.2) is 5.65 Å². The maximum Gasteiger partial charge on any atom is 0.225 e. The summed E-state index contributed by atoms with van der Waals surface area (Å²) in [5.74, 6) is -0.0971. The molecule has 1 amide bonds. The Bertz CT molecular complexity index is 668. The summed E-state index contributed by atoms with van der Waals surface area (Å²) in [6.45, 7) is 8.00. The van der Waals surface area contributed by atoms with E-state index in [2.05, 4.69) is 15.4 Å². The lowest BCUT2D eigenvalue weighted by Crippen LogP contribution is -2.38. The van der Waals surface area contributed by atoms with Crippen LogP contribution >= 0.6 is 0 Å². The van der Waals surface area contributed by atoms with Crippen LogP contribution in [0.15, 0.2) is 12.3 Å². The zero-order chi connectivity index (χ0) is 15.8. The van der Waals surface area contributed by atoms with Gasteiger partial charge in [0.2, 0.25) is 5.91 Å². The van der Waals surface area contributed by atoms with Gasteiger partial charge in [0.25, 0.3) is 0 Å². The second-order valence-corrected chi connectivity index (χ2v) is 6.53. The first-order valence-corrected chi connectivity index (χ1v) is 7.03. The van der Waals surface area contributed by atoms with Gasteiger partial charge in [-0.15, -0.1) is 0 Å². The third-order valence-electron chi connectivity index (χ3n) is 3.66. The van der Waals surface area contributed by atoms with Gasteiger partial charge in [-0.25, -0.2) is 4.98 Å². The second kappa shape index (κ2) is 5.44. The average Bonchev–Trinajstić information content (AvgIpc) is 2.63. The molecule has 6 nitrogen and oxygen atoms in total. The molecule has 0 aliphatic carbocycles. The highest BCUT2D eigenvalue weighted by Gasteiger charge is 2.23. The van der Waals surface area contributed by atoms with Gasteiger partial charge in [-0.2, -0.15) is 5.10 Å². The molecule has 2 aromatic heterocycles. The number of carbonyl (C=O) groups is 1. The van der Waals surface area contributed by atoms with Crippen LogP contribution in [-0.2, 0) is 11.8 Å². The lowest BCUT2D eigenvalue weighted by Gasteiger charge is -2.26. The van der Waals surface area contributed by atoms with Crippen molar-refractivity contribution in [3.8, 4) is 0 Å². The molecule has 2 rings (SSSR count). The summed E-state index contributed by atoms with van der Waals surface area (Å²) in [5, 5.41) is 8.11. The Balaban J connectivity index is 2.13. The molecule has 0 saturated heterocycles. The number of nitrogens with two attached hydrogens (primary N) is 1. The van der Waals surface area contributed by atoms with Crippen molar-refractivity contribution in [3.63, 3.8) is 0 Å². The van der Waals surface area contributed by atoms with Crippen molar-refractivity contribution in [2.45, 2.75) is 40.2 Å². The Labute approximate surface area is 124 Å². The van der Waals surface area contributed by atoms with Gasteiger partial charge < -0.3 is 11.1 Å². The summed E-state index contributed by atoms with van der Waals surface area (Å²) in [6.07, 6.45) is 1.93. The Morgan fingerprint density at radius 1 is 1.48 bits per heavy atom. The Hall–Kier alpha value is -1.95. The number of carbonyl (C=O) groups excluding carboxylic acids is 1. The monoisotopic (exact) mass is 289 g/mol. The van der Waals surface area contributed by atoms with Gasteiger partial charge in [0.05, 0.1) is 17.6 Å². The third kappa shape index (κ3) is 3.39. The fourth-order valence-electron chi connectivity index (χ4n) is 2.09. The number of hydrogen-bond acceptors (Lipinski definition) is 4. The molecule has 1 atom stereocenters. The first-order chi connectivity index (χ1) is 9.68. The number of anilines is 1. The minimum atomic E-state index is -0.186. The molecule has 21 heavy (non-hydrogen) atoms. The molecule has 6 heteroatoms. The maximum atomic E-state index is 12.1. The van der Waals surface area contributed by atoms with Crippen molar-refractivity contribution in [3.05, 3.63) is 18.0 Å². The predicted molar refractivity (Wildman–Crippen MR) is 83.9 cm³/mol. The zero-order valence-corrected chi connectivity index (χ0v) is 13.3. The SMILES string of the molecule is Cc1nn(C)c2ncc(NC(=O)CC(N)C(C)(C)C)cc12. The van der Waals surface area contributed by atoms with Crippen LogP contribution in [0.4, 0.5) is 5.69 Å². The zero-order valence-electron chi connectivity index (χ0n) is 13.3. The number of fused-ring (bicyclic) bond motifs is 1. The van der Waals surface area contributed by atoms with Gasteiger partial charge >= 0.3 is 0 Å². The quantitative estimate of drug-likeness (QED) is 0.904. The molecule has 114 valence electrons. The van der Waals surface area contributed by atoms with Gasteiger partial charge in [0.1, 0.15) is 0 Å². The number of pyridine rings is 1. The normalized spacial score (nSPS) is 13.4. The van der Waals surface area contributed by atoms with Crippen molar-refractivity contribution >= 4 is 22.6 Å². The molecule has 3 N–H and O–H groups in total. The first kappa shape index (κ1) is 15.4. The topological polar surface area (TPSA) is 85.8 Å².